The third-order valence-electron chi connectivity index (χ3n) is 4.80. The van der Waals surface area contributed by atoms with Gasteiger partial charge in [0, 0.05) is 49.1 Å². The number of halogens is 2. The average molecular weight is 457 g/mol. The van der Waals surface area contributed by atoms with Crippen LogP contribution < -0.4 is 10.2 Å². The molecule has 0 atom stereocenters. The van der Waals surface area contributed by atoms with Crippen LogP contribution in [0.5, 0.6) is 0 Å². The molecule has 5 nitrogen and oxygen atoms in total. The van der Waals surface area contributed by atoms with E-state index >= 15 is 0 Å². The van der Waals surface area contributed by atoms with Gasteiger partial charge in [-0.1, -0.05) is 28.1 Å². The molecule has 2 aromatic carbocycles. The SMILES string of the molecule is N#C/C(=C/NCCc1cccc(Br)c1)C(=O)N1CCN(c2ccc(F)cc2)CC1. The number of carbonyl (C=O) groups is 1. The highest BCUT2D eigenvalue weighted by atomic mass is 79.9. The van der Waals surface area contributed by atoms with Crippen molar-refractivity contribution in [3.05, 3.63) is 76.2 Å². The third kappa shape index (κ3) is 5.81. The van der Waals surface area contributed by atoms with Crippen molar-refractivity contribution in [1.82, 2.24) is 10.2 Å². The van der Waals surface area contributed by atoms with Gasteiger partial charge in [0.1, 0.15) is 17.5 Å². The van der Waals surface area contributed by atoms with Crippen molar-refractivity contribution in [1.29, 1.82) is 5.26 Å². The van der Waals surface area contributed by atoms with Crippen LogP contribution in [0.15, 0.2) is 64.8 Å². The summed E-state index contributed by atoms with van der Waals surface area (Å²) in [6.45, 7) is 2.96. The van der Waals surface area contributed by atoms with Crippen molar-refractivity contribution in [2.75, 3.05) is 37.6 Å². The maximum atomic E-state index is 13.1. The molecule has 0 unspecified atom stereocenters. The topological polar surface area (TPSA) is 59.4 Å². The number of nitrogens with one attached hydrogen (secondary N) is 1. The number of carbonyl (C=O) groups excluding carboxylic acids is 1. The second-order valence-electron chi connectivity index (χ2n) is 6.76. The van der Waals surface area contributed by atoms with Gasteiger partial charge >= 0.3 is 0 Å². The molecule has 1 aliphatic heterocycles. The molecule has 1 amide bonds. The van der Waals surface area contributed by atoms with E-state index in [2.05, 4.69) is 26.1 Å². The Labute approximate surface area is 178 Å². The lowest BCUT2D eigenvalue weighted by atomic mass is 10.1. The van der Waals surface area contributed by atoms with E-state index in [4.69, 9.17) is 0 Å². The molecule has 1 fully saturated rings. The molecule has 1 N–H and O–H groups in total. The number of hydrogen-bond donors (Lipinski definition) is 1. The van der Waals surface area contributed by atoms with Crippen LogP contribution in [0.25, 0.3) is 0 Å². The number of nitrogens with zero attached hydrogens (tertiary/aromatic N) is 3. The summed E-state index contributed by atoms with van der Waals surface area (Å²) >= 11 is 3.45. The van der Waals surface area contributed by atoms with Gasteiger partial charge in [-0.2, -0.15) is 5.26 Å². The quantitative estimate of drug-likeness (QED) is 0.410. The van der Waals surface area contributed by atoms with Gasteiger partial charge < -0.3 is 15.1 Å². The summed E-state index contributed by atoms with van der Waals surface area (Å²) in [6, 6.07) is 16.4. The summed E-state index contributed by atoms with van der Waals surface area (Å²) in [5.74, 6) is -0.528. The summed E-state index contributed by atoms with van der Waals surface area (Å²) in [4.78, 5) is 16.4. The van der Waals surface area contributed by atoms with E-state index in [0.717, 1.165) is 16.6 Å². The molecule has 0 aliphatic carbocycles. The Kier molecular flexibility index (Phi) is 7.25. The Balaban J connectivity index is 1.49. The summed E-state index contributed by atoms with van der Waals surface area (Å²) in [7, 11) is 0. The highest BCUT2D eigenvalue weighted by Gasteiger charge is 2.23. The number of hydrogen-bond acceptors (Lipinski definition) is 4. The molecule has 3 rings (SSSR count). The monoisotopic (exact) mass is 456 g/mol. The van der Waals surface area contributed by atoms with Gasteiger partial charge in [0.2, 0.25) is 0 Å². The first-order valence-corrected chi connectivity index (χ1v) is 10.2. The van der Waals surface area contributed by atoms with Crippen LogP contribution in [-0.4, -0.2) is 43.5 Å². The standard InChI is InChI=1S/C22H22BrFN4O/c23-19-3-1-2-17(14-19)8-9-26-16-18(15-25)22(29)28-12-10-27(11-13-28)21-6-4-20(24)5-7-21/h1-7,14,16,26H,8-13H2/b18-16-. The molecule has 0 aromatic heterocycles. The lowest BCUT2D eigenvalue weighted by molar-refractivity contribution is -0.127. The minimum atomic E-state index is -0.265. The number of anilines is 1. The zero-order valence-electron chi connectivity index (χ0n) is 15.9. The number of amides is 1. The van der Waals surface area contributed by atoms with Crippen LogP contribution in [0.1, 0.15) is 5.56 Å². The minimum absolute atomic E-state index is 0.106. The molecule has 0 saturated carbocycles. The van der Waals surface area contributed by atoms with E-state index < -0.39 is 0 Å². The van der Waals surface area contributed by atoms with Gasteiger partial charge in [-0.25, -0.2) is 4.39 Å². The molecular weight excluding hydrogens is 435 g/mol. The highest BCUT2D eigenvalue weighted by Crippen LogP contribution is 2.17. The van der Waals surface area contributed by atoms with Crippen LogP contribution >= 0.6 is 15.9 Å². The Morgan fingerprint density at radius 3 is 2.55 bits per heavy atom. The number of piperazine rings is 1. The van der Waals surface area contributed by atoms with Gasteiger partial charge in [-0.05, 0) is 48.4 Å². The van der Waals surface area contributed by atoms with E-state index in [1.54, 1.807) is 17.0 Å². The first-order chi connectivity index (χ1) is 14.1. The fraction of sp³-hybridized carbons (Fsp3) is 0.273. The summed E-state index contributed by atoms with van der Waals surface area (Å²) in [5, 5.41) is 12.4. The summed E-state index contributed by atoms with van der Waals surface area (Å²) in [6.07, 6.45) is 2.30. The first kappa shape index (κ1) is 20.9. The fourth-order valence-electron chi connectivity index (χ4n) is 3.22. The Morgan fingerprint density at radius 1 is 1.17 bits per heavy atom. The van der Waals surface area contributed by atoms with Gasteiger partial charge in [-0.15, -0.1) is 0 Å². The zero-order chi connectivity index (χ0) is 20.6. The van der Waals surface area contributed by atoms with Gasteiger partial charge in [0.25, 0.3) is 5.91 Å². The van der Waals surface area contributed by atoms with E-state index in [-0.39, 0.29) is 17.3 Å². The highest BCUT2D eigenvalue weighted by molar-refractivity contribution is 9.10. The van der Waals surface area contributed by atoms with Crippen molar-refractivity contribution < 1.29 is 9.18 Å². The largest absolute Gasteiger partial charge is 0.389 e. The van der Waals surface area contributed by atoms with E-state index in [1.165, 1.54) is 23.9 Å². The molecule has 1 aliphatic rings. The Bertz CT molecular complexity index is 915. The first-order valence-electron chi connectivity index (χ1n) is 9.45. The smallest absolute Gasteiger partial charge is 0.266 e. The second-order valence-corrected chi connectivity index (χ2v) is 7.68. The summed E-state index contributed by atoms with van der Waals surface area (Å²) in [5.41, 5.74) is 2.21. The normalized spacial score (nSPS) is 14.4. The average Bonchev–Trinajstić information content (AvgIpc) is 2.74. The molecule has 29 heavy (non-hydrogen) atoms. The molecule has 0 bridgehead atoms. The lowest BCUT2D eigenvalue weighted by Crippen LogP contribution is -2.49. The van der Waals surface area contributed by atoms with Crippen LogP contribution in [0.4, 0.5) is 10.1 Å². The number of benzene rings is 2. The van der Waals surface area contributed by atoms with Crippen molar-refractivity contribution in [3.8, 4) is 6.07 Å². The predicted octanol–water partition coefficient (Wildman–Crippen LogP) is 3.48. The predicted molar refractivity (Wildman–Crippen MR) is 115 cm³/mol. The number of rotatable bonds is 6. The molecule has 7 heteroatoms. The molecule has 0 spiro atoms. The van der Waals surface area contributed by atoms with Crippen LogP contribution in [0.3, 0.4) is 0 Å². The summed E-state index contributed by atoms with van der Waals surface area (Å²) < 4.78 is 14.1. The van der Waals surface area contributed by atoms with Crippen LogP contribution in [-0.2, 0) is 11.2 Å². The molecule has 0 radical (unpaired) electrons. The fourth-order valence-corrected chi connectivity index (χ4v) is 3.66. The van der Waals surface area contributed by atoms with E-state index in [9.17, 15) is 14.4 Å². The van der Waals surface area contributed by atoms with Crippen LogP contribution in [0, 0.1) is 17.1 Å². The van der Waals surface area contributed by atoms with Crippen molar-refractivity contribution in [3.63, 3.8) is 0 Å². The van der Waals surface area contributed by atoms with Crippen molar-refractivity contribution in [2.24, 2.45) is 0 Å². The zero-order valence-corrected chi connectivity index (χ0v) is 17.5. The third-order valence-corrected chi connectivity index (χ3v) is 5.30. The van der Waals surface area contributed by atoms with Gasteiger partial charge in [0.05, 0.1) is 0 Å². The molecular formula is C22H22BrFN4O. The second kappa shape index (κ2) is 10.1. The van der Waals surface area contributed by atoms with Crippen LogP contribution in [0.2, 0.25) is 0 Å². The molecule has 1 saturated heterocycles. The van der Waals surface area contributed by atoms with Crippen molar-refractivity contribution >= 4 is 27.5 Å². The molecule has 2 aromatic rings. The van der Waals surface area contributed by atoms with E-state index in [0.29, 0.717) is 32.7 Å². The van der Waals surface area contributed by atoms with E-state index in [1.807, 2.05) is 30.3 Å². The maximum absolute atomic E-state index is 13.1. The Hall–Kier alpha value is -2.85. The van der Waals surface area contributed by atoms with Gasteiger partial charge in [0.15, 0.2) is 0 Å². The number of nitriles is 1. The van der Waals surface area contributed by atoms with Crippen molar-refractivity contribution in [2.45, 2.75) is 6.42 Å². The molecule has 1 heterocycles. The maximum Gasteiger partial charge on any atom is 0.266 e. The minimum Gasteiger partial charge on any atom is -0.389 e. The van der Waals surface area contributed by atoms with Gasteiger partial charge in [-0.3, -0.25) is 4.79 Å². The lowest BCUT2D eigenvalue weighted by Gasteiger charge is -2.36. The molecule has 150 valence electrons. The Morgan fingerprint density at radius 2 is 1.90 bits per heavy atom.